The molecule has 0 aromatic rings. The Bertz CT molecular complexity index is 194. The molecule has 1 unspecified atom stereocenters. The lowest BCUT2D eigenvalue weighted by Crippen LogP contribution is -2.12. The number of esters is 1. The first-order valence-corrected chi connectivity index (χ1v) is 4.29. The van der Waals surface area contributed by atoms with E-state index < -0.39 is 0 Å². The van der Waals surface area contributed by atoms with Gasteiger partial charge in [0, 0.05) is 12.0 Å². The lowest BCUT2D eigenvalue weighted by molar-refractivity contribution is -0.138. The number of hydrogen-bond donors (Lipinski definition) is 0. The molecule has 0 bridgehead atoms. The predicted octanol–water partition coefficient (Wildman–Crippen LogP) is 2.07. The average Bonchev–Trinajstić information content (AvgIpc) is 2.16. The van der Waals surface area contributed by atoms with Gasteiger partial charge in [-0.05, 0) is 19.3 Å². The minimum absolute atomic E-state index is 0.325. The molecule has 0 fully saturated rings. The minimum Gasteiger partial charge on any atom is -0.462 e. The van der Waals surface area contributed by atoms with Gasteiger partial charge in [0.2, 0.25) is 0 Å². The van der Waals surface area contributed by atoms with E-state index in [1.165, 1.54) is 12.5 Å². The summed E-state index contributed by atoms with van der Waals surface area (Å²) in [5.74, 6) is 0.0941. The van der Waals surface area contributed by atoms with Crippen molar-refractivity contribution in [1.82, 2.24) is 0 Å². The molecule has 1 atom stereocenters. The van der Waals surface area contributed by atoms with E-state index in [2.05, 4.69) is 18.7 Å². The Hall–Kier alpha value is -1.05. The van der Waals surface area contributed by atoms with Gasteiger partial charge in [-0.25, -0.2) is 4.79 Å². The summed E-state index contributed by atoms with van der Waals surface area (Å²) in [6, 6.07) is 0. The van der Waals surface area contributed by atoms with Crippen molar-refractivity contribution in [3.8, 4) is 0 Å². The number of ether oxygens (including phenoxy) is 1. The highest BCUT2D eigenvalue weighted by molar-refractivity contribution is 5.81. The number of rotatable bonds is 3. The number of carbonyl (C=O) groups is 1. The second-order valence-electron chi connectivity index (χ2n) is 2.95. The van der Waals surface area contributed by atoms with Gasteiger partial charge in [0.05, 0.1) is 6.61 Å². The third kappa shape index (κ3) is 2.91. The van der Waals surface area contributed by atoms with Crippen molar-refractivity contribution in [2.45, 2.75) is 19.3 Å². The summed E-state index contributed by atoms with van der Waals surface area (Å²) in [6.07, 6.45) is 8.96. The Morgan fingerprint density at radius 2 is 2.58 bits per heavy atom. The average molecular weight is 166 g/mol. The van der Waals surface area contributed by atoms with E-state index >= 15 is 0 Å². The Balaban J connectivity index is 2.22. The van der Waals surface area contributed by atoms with Crippen molar-refractivity contribution in [3.63, 3.8) is 0 Å². The molecule has 1 rings (SSSR count). The summed E-state index contributed by atoms with van der Waals surface area (Å²) >= 11 is 0. The molecule has 0 radical (unpaired) electrons. The van der Waals surface area contributed by atoms with Gasteiger partial charge in [0.25, 0.3) is 0 Å². The third-order valence-corrected chi connectivity index (χ3v) is 1.96. The quantitative estimate of drug-likeness (QED) is 0.364. The van der Waals surface area contributed by atoms with Crippen LogP contribution in [-0.2, 0) is 9.53 Å². The SMILES string of the molecule is C=CC(=O)OCC1C=CCCC1. The Morgan fingerprint density at radius 3 is 3.17 bits per heavy atom. The molecule has 2 heteroatoms. The highest BCUT2D eigenvalue weighted by Crippen LogP contribution is 2.16. The van der Waals surface area contributed by atoms with Gasteiger partial charge in [-0.1, -0.05) is 18.7 Å². The lowest BCUT2D eigenvalue weighted by Gasteiger charge is -2.15. The monoisotopic (exact) mass is 166 g/mol. The molecule has 0 amide bonds. The van der Waals surface area contributed by atoms with Crippen molar-refractivity contribution in [2.75, 3.05) is 6.61 Å². The zero-order chi connectivity index (χ0) is 8.81. The van der Waals surface area contributed by atoms with Gasteiger partial charge in [-0.15, -0.1) is 0 Å². The molecule has 0 saturated heterocycles. The van der Waals surface area contributed by atoms with Crippen LogP contribution in [0.2, 0.25) is 0 Å². The summed E-state index contributed by atoms with van der Waals surface area (Å²) in [7, 11) is 0. The molecular weight excluding hydrogens is 152 g/mol. The molecule has 0 aliphatic heterocycles. The summed E-state index contributed by atoms with van der Waals surface area (Å²) < 4.78 is 4.92. The second kappa shape index (κ2) is 4.75. The van der Waals surface area contributed by atoms with Crippen LogP contribution in [0.3, 0.4) is 0 Å². The van der Waals surface area contributed by atoms with Gasteiger partial charge < -0.3 is 4.74 Å². The Kier molecular flexibility index (Phi) is 3.58. The van der Waals surface area contributed by atoms with Crippen LogP contribution in [0.1, 0.15) is 19.3 Å². The molecule has 0 saturated carbocycles. The van der Waals surface area contributed by atoms with E-state index in [4.69, 9.17) is 4.74 Å². The first-order valence-electron chi connectivity index (χ1n) is 4.29. The van der Waals surface area contributed by atoms with Crippen LogP contribution in [0.4, 0.5) is 0 Å². The van der Waals surface area contributed by atoms with Crippen LogP contribution in [0, 0.1) is 5.92 Å². The standard InChI is InChI=1S/C10H14O2/c1-2-10(11)12-8-9-6-4-3-5-7-9/h2,4,6,9H,1,3,5,7-8H2. The van der Waals surface area contributed by atoms with Crippen molar-refractivity contribution in [2.24, 2.45) is 5.92 Å². The van der Waals surface area contributed by atoms with Gasteiger partial charge in [-0.2, -0.15) is 0 Å². The van der Waals surface area contributed by atoms with E-state index in [9.17, 15) is 4.79 Å². The normalized spacial score (nSPS) is 21.8. The van der Waals surface area contributed by atoms with E-state index in [0.717, 1.165) is 12.8 Å². The zero-order valence-corrected chi connectivity index (χ0v) is 7.16. The zero-order valence-electron chi connectivity index (χ0n) is 7.16. The maximum absolute atomic E-state index is 10.7. The molecule has 12 heavy (non-hydrogen) atoms. The molecular formula is C10H14O2. The summed E-state index contributed by atoms with van der Waals surface area (Å²) in [4.78, 5) is 10.7. The maximum atomic E-state index is 10.7. The molecule has 66 valence electrons. The first kappa shape index (κ1) is 9.04. The second-order valence-corrected chi connectivity index (χ2v) is 2.95. The number of allylic oxidation sites excluding steroid dienone is 1. The van der Waals surface area contributed by atoms with Crippen molar-refractivity contribution < 1.29 is 9.53 Å². The Labute approximate surface area is 72.9 Å². The van der Waals surface area contributed by atoms with Crippen LogP contribution in [-0.4, -0.2) is 12.6 Å². The van der Waals surface area contributed by atoms with Crippen LogP contribution >= 0.6 is 0 Å². The summed E-state index contributed by atoms with van der Waals surface area (Å²) in [5, 5.41) is 0. The van der Waals surface area contributed by atoms with Crippen LogP contribution in [0.5, 0.6) is 0 Å². The van der Waals surface area contributed by atoms with E-state index in [1.54, 1.807) is 0 Å². The van der Waals surface area contributed by atoms with E-state index in [1.807, 2.05) is 0 Å². The molecule has 0 heterocycles. The molecule has 0 N–H and O–H groups in total. The van der Waals surface area contributed by atoms with Gasteiger partial charge in [0.15, 0.2) is 0 Å². The maximum Gasteiger partial charge on any atom is 0.330 e. The van der Waals surface area contributed by atoms with Gasteiger partial charge in [0.1, 0.15) is 0 Å². The lowest BCUT2D eigenvalue weighted by atomic mass is 9.97. The van der Waals surface area contributed by atoms with Gasteiger partial charge in [-0.3, -0.25) is 0 Å². The van der Waals surface area contributed by atoms with Crippen LogP contribution < -0.4 is 0 Å². The van der Waals surface area contributed by atoms with Crippen molar-refractivity contribution in [1.29, 1.82) is 0 Å². The molecule has 1 aliphatic carbocycles. The fraction of sp³-hybridized carbons (Fsp3) is 0.500. The third-order valence-electron chi connectivity index (χ3n) is 1.96. The molecule has 0 aromatic carbocycles. The smallest absolute Gasteiger partial charge is 0.330 e. The minimum atomic E-state index is -0.325. The topological polar surface area (TPSA) is 26.3 Å². The summed E-state index contributed by atoms with van der Waals surface area (Å²) in [6.45, 7) is 3.83. The van der Waals surface area contributed by atoms with Crippen molar-refractivity contribution in [3.05, 3.63) is 24.8 Å². The van der Waals surface area contributed by atoms with Crippen LogP contribution in [0.25, 0.3) is 0 Å². The number of hydrogen-bond acceptors (Lipinski definition) is 2. The number of carbonyl (C=O) groups excluding carboxylic acids is 1. The fourth-order valence-electron chi connectivity index (χ4n) is 1.27. The largest absolute Gasteiger partial charge is 0.462 e. The molecule has 0 spiro atoms. The van der Waals surface area contributed by atoms with E-state index in [-0.39, 0.29) is 5.97 Å². The first-order chi connectivity index (χ1) is 5.83. The highest BCUT2D eigenvalue weighted by atomic mass is 16.5. The Morgan fingerprint density at radius 1 is 1.75 bits per heavy atom. The van der Waals surface area contributed by atoms with Gasteiger partial charge >= 0.3 is 5.97 Å². The fourth-order valence-corrected chi connectivity index (χ4v) is 1.27. The van der Waals surface area contributed by atoms with Crippen LogP contribution in [0.15, 0.2) is 24.8 Å². The van der Waals surface area contributed by atoms with Crippen molar-refractivity contribution >= 4 is 5.97 Å². The molecule has 0 aromatic heterocycles. The van der Waals surface area contributed by atoms with E-state index in [0.29, 0.717) is 12.5 Å². The molecule has 1 aliphatic rings. The molecule has 2 nitrogen and oxygen atoms in total. The summed E-state index contributed by atoms with van der Waals surface area (Å²) in [5.41, 5.74) is 0. The highest BCUT2D eigenvalue weighted by Gasteiger charge is 2.09. The predicted molar refractivity (Wildman–Crippen MR) is 47.6 cm³/mol.